The lowest BCUT2D eigenvalue weighted by atomic mass is 9.81. The predicted octanol–water partition coefficient (Wildman–Crippen LogP) is 19.2. The van der Waals surface area contributed by atoms with Gasteiger partial charge in [0, 0.05) is 52.0 Å². The van der Waals surface area contributed by atoms with Gasteiger partial charge in [0.2, 0.25) is 0 Å². The molecule has 8 aromatic carbocycles. The molecule has 74 heavy (non-hydrogen) atoms. The number of rotatable bonds is 11. The second-order valence-corrected chi connectivity index (χ2v) is 21.8. The summed E-state index contributed by atoms with van der Waals surface area (Å²) >= 11 is 0. The molecule has 0 atom stereocenters. The molecule has 0 aliphatic carbocycles. The Morgan fingerprint density at radius 2 is 1.15 bits per heavy atom. The number of nitrogens with zero attached hydrogens (tertiary/aromatic N) is 4. The van der Waals surface area contributed by atoms with E-state index in [0.29, 0.717) is 29.6 Å². The van der Waals surface area contributed by atoms with Crippen LogP contribution in [-0.2, 0) is 5.41 Å². The van der Waals surface area contributed by atoms with Gasteiger partial charge in [-0.1, -0.05) is 153 Å². The van der Waals surface area contributed by atoms with E-state index in [1.54, 1.807) is 0 Å². The number of para-hydroxylation sites is 4. The minimum atomic E-state index is -0.626. The Balaban J connectivity index is 1.11. The second kappa shape index (κ2) is 19.1. The third kappa shape index (κ3) is 8.88. The van der Waals surface area contributed by atoms with Crippen LogP contribution in [0.3, 0.4) is 0 Å². The van der Waals surface area contributed by atoms with Gasteiger partial charge in [0.15, 0.2) is 0 Å². The van der Waals surface area contributed by atoms with E-state index in [1.165, 1.54) is 39.9 Å². The van der Waals surface area contributed by atoms with Crippen LogP contribution < -0.4 is 14.5 Å². The summed E-state index contributed by atoms with van der Waals surface area (Å²) in [5.41, 5.74) is 16.3. The number of hydrogen-bond acceptors (Lipinski definition) is 4. The number of benzene rings is 8. The van der Waals surface area contributed by atoms with Crippen LogP contribution in [0.1, 0.15) is 102 Å². The van der Waals surface area contributed by atoms with E-state index in [-0.39, 0.29) is 17.3 Å². The maximum Gasteiger partial charge on any atom is 0.137 e. The first-order valence-electron chi connectivity index (χ1n) is 25.9. The molecule has 0 saturated heterocycles. The minimum absolute atomic E-state index is 0.0609. The van der Waals surface area contributed by atoms with Gasteiger partial charge < -0.3 is 14.5 Å². The SMILES string of the molecule is CC(C)c1cc(C(C)C)c(-c2cc(Oc3ccc4c5ccccc5n(-c5cc(C(C)(C)C)ccn5)c4c3)cc(N3CN(c4c(-c5ccccc5)cccc4-c4cc(F)cc(F)c4)c4ccccc43)c2)c(C(C)C)c1. The molecule has 0 unspecified atom stereocenters. The van der Waals surface area contributed by atoms with Gasteiger partial charge in [-0.25, -0.2) is 13.8 Å². The fourth-order valence-corrected chi connectivity index (χ4v) is 10.9. The molecule has 0 saturated carbocycles. The molecular weight excluding hydrogens is 915 g/mol. The molecule has 1 aliphatic heterocycles. The highest BCUT2D eigenvalue weighted by Crippen LogP contribution is 2.52. The Bertz CT molecular complexity index is 3700. The van der Waals surface area contributed by atoms with Crippen molar-refractivity contribution in [1.82, 2.24) is 9.55 Å². The van der Waals surface area contributed by atoms with Crippen molar-refractivity contribution in [3.63, 3.8) is 0 Å². The van der Waals surface area contributed by atoms with E-state index in [2.05, 4.69) is 204 Å². The Hall–Kier alpha value is -8.03. The number of halogens is 2. The van der Waals surface area contributed by atoms with Crippen molar-refractivity contribution >= 4 is 44.6 Å². The third-order valence-electron chi connectivity index (χ3n) is 14.7. The summed E-state index contributed by atoms with van der Waals surface area (Å²) in [4.78, 5) is 9.58. The number of aromatic nitrogens is 2. The monoisotopic (exact) mass is 976 g/mol. The Labute approximate surface area is 434 Å². The third-order valence-corrected chi connectivity index (χ3v) is 14.7. The van der Waals surface area contributed by atoms with Gasteiger partial charge in [-0.15, -0.1) is 0 Å². The maximum atomic E-state index is 15.2. The summed E-state index contributed by atoms with van der Waals surface area (Å²) in [5, 5.41) is 2.26. The van der Waals surface area contributed by atoms with Crippen molar-refractivity contribution < 1.29 is 13.5 Å². The molecule has 5 nitrogen and oxygen atoms in total. The summed E-state index contributed by atoms with van der Waals surface area (Å²) in [6, 6.07) is 59.1. The van der Waals surface area contributed by atoms with Gasteiger partial charge in [-0.2, -0.15) is 0 Å². The number of ether oxygens (including phenoxy) is 1. The van der Waals surface area contributed by atoms with Crippen LogP contribution in [-0.4, -0.2) is 16.2 Å². The highest BCUT2D eigenvalue weighted by atomic mass is 19.1. The first kappa shape index (κ1) is 48.2. The molecule has 0 radical (unpaired) electrons. The topological polar surface area (TPSA) is 33.5 Å². The lowest BCUT2D eigenvalue weighted by molar-refractivity contribution is 0.483. The van der Waals surface area contributed by atoms with Gasteiger partial charge in [0.25, 0.3) is 0 Å². The van der Waals surface area contributed by atoms with Crippen LogP contribution in [0.25, 0.3) is 61.0 Å². The fraction of sp³-hybridized carbons (Fsp3) is 0.209. The van der Waals surface area contributed by atoms with Crippen molar-refractivity contribution in [1.29, 1.82) is 0 Å². The second-order valence-electron chi connectivity index (χ2n) is 21.8. The van der Waals surface area contributed by atoms with E-state index in [1.807, 2.05) is 36.5 Å². The molecule has 1 aliphatic rings. The minimum Gasteiger partial charge on any atom is -0.457 e. The van der Waals surface area contributed by atoms with Gasteiger partial charge in [0.1, 0.15) is 35.6 Å². The van der Waals surface area contributed by atoms with Gasteiger partial charge >= 0.3 is 0 Å². The van der Waals surface area contributed by atoms with Crippen LogP contribution in [0.5, 0.6) is 11.5 Å². The molecule has 2 aromatic heterocycles. The molecule has 0 N–H and O–H groups in total. The average molecular weight is 977 g/mol. The van der Waals surface area contributed by atoms with Crippen molar-refractivity contribution in [2.75, 3.05) is 16.5 Å². The largest absolute Gasteiger partial charge is 0.457 e. The molecule has 7 heteroatoms. The van der Waals surface area contributed by atoms with E-state index in [9.17, 15) is 0 Å². The fourth-order valence-electron chi connectivity index (χ4n) is 10.9. The lowest BCUT2D eigenvalue weighted by Gasteiger charge is -2.28. The normalized spacial score (nSPS) is 12.8. The smallest absolute Gasteiger partial charge is 0.137 e. The molecular formula is C67H62F2N4O. The van der Waals surface area contributed by atoms with Crippen LogP contribution >= 0.6 is 0 Å². The Morgan fingerprint density at radius 1 is 0.514 bits per heavy atom. The summed E-state index contributed by atoms with van der Waals surface area (Å²) in [6.07, 6.45) is 1.91. The van der Waals surface area contributed by atoms with Gasteiger partial charge in [-0.3, -0.25) is 4.57 Å². The van der Waals surface area contributed by atoms with Crippen LogP contribution in [0.15, 0.2) is 182 Å². The van der Waals surface area contributed by atoms with Gasteiger partial charge in [-0.05, 0) is 134 Å². The van der Waals surface area contributed by atoms with E-state index >= 15 is 8.78 Å². The Kier molecular flexibility index (Phi) is 12.5. The number of pyridine rings is 1. The zero-order valence-electron chi connectivity index (χ0n) is 43.7. The standard InChI is InChI=1S/C67H62F2N4O/c1-41(2)45-34-58(42(3)4)65(59(35-45)43(5)6)47-32-51(38-53(33-47)74-52-26-27-57-56-20-13-14-23-60(56)73(63(57)39-52)64-36-48(28-29-70-64)67(7,8)9)71-40-72(62-25-16-15-24-61(62)71)66-54(44-18-11-10-12-19-44)21-17-22-55(66)46-30-49(68)37-50(69)31-46/h10-39,41-43H,40H2,1-9H3. The first-order valence-corrected chi connectivity index (χ1v) is 25.9. The summed E-state index contributed by atoms with van der Waals surface area (Å²) in [7, 11) is 0. The summed E-state index contributed by atoms with van der Waals surface area (Å²) in [5.74, 6) is 1.85. The molecule has 0 spiro atoms. The van der Waals surface area contributed by atoms with Crippen molar-refractivity contribution in [3.8, 4) is 50.7 Å². The number of fused-ring (bicyclic) bond motifs is 4. The van der Waals surface area contributed by atoms with Crippen LogP contribution in [0.2, 0.25) is 0 Å². The molecule has 0 fully saturated rings. The Morgan fingerprint density at radius 3 is 1.82 bits per heavy atom. The summed E-state index contributed by atoms with van der Waals surface area (Å²) < 4.78 is 39.8. The van der Waals surface area contributed by atoms with E-state index in [4.69, 9.17) is 9.72 Å². The van der Waals surface area contributed by atoms with Crippen molar-refractivity contribution in [2.24, 2.45) is 0 Å². The highest BCUT2D eigenvalue weighted by Gasteiger charge is 2.33. The van der Waals surface area contributed by atoms with Crippen molar-refractivity contribution in [2.45, 2.75) is 85.5 Å². The van der Waals surface area contributed by atoms with Crippen molar-refractivity contribution in [3.05, 3.63) is 216 Å². The van der Waals surface area contributed by atoms with E-state index < -0.39 is 11.6 Å². The predicted molar refractivity (Wildman–Crippen MR) is 304 cm³/mol. The zero-order valence-corrected chi connectivity index (χ0v) is 43.7. The average Bonchev–Trinajstić information content (AvgIpc) is 3.93. The van der Waals surface area contributed by atoms with E-state index in [0.717, 1.165) is 78.7 Å². The number of hydrogen-bond donors (Lipinski definition) is 0. The highest BCUT2D eigenvalue weighted by molar-refractivity contribution is 6.09. The molecule has 0 bridgehead atoms. The quantitative estimate of drug-likeness (QED) is 0.129. The molecule has 10 aromatic rings. The number of anilines is 4. The molecule has 370 valence electrons. The molecule has 0 amide bonds. The first-order chi connectivity index (χ1) is 35.6. The van der Waals surface area contributed by atoms with Crippen LogP contribution in [0, 0.1) is 11.6 Å². The zero-order chi connectivity index (χ0) is 51.6. The lowest BCUT2D eigenvalue weighted by Crippen LogP contribution is -2.25. The molecule has 11 rings (SSSR count). The maximum absolute atomic E-state index is 15.2. The summed E-state index contributed by atoms with van der Waals surface area (Å²) in [6.45, 7) is 20.8. The van der Waals surface area contributed by atoms with Crippen LogP contribution in [0.4, 0.5) is 31.5 Å². The molecule has 3 heterocycles. The van der Waals surface area contributed by atoms with Gasteiger partial charge in [0.05, 0.1) is 28.1 Å².